The number of nitrogens with one attached hydrogen (secondary N) is 2. The number of sulfonamides is 1. The highest BCUT2D eigenvalue weighted by Crippen LogP contribution is 2.24. The minimum absolute atomic E-state index is 0.135. The maximum atomic E-state index is 12.6. The Balaban J connectivity index is 2.14. The molecule has 27 heavy (non-hydrogen) atoms. The van der Waals surface area contributed by atoms with Gasteiger partial charge >= 0.3 is 0 Å². The molecule has 0 aromatic heterocycles. The van der Waals surface area contributed by atoms with Gasteiger partial charge in [0.2, 0.25) is 15.9 Å². The molecule has 0 aliphatic carbocycles. The van der Waals surface area contributed by atoms with E-state index in [1.807, 2.05) is 24.3 Å². The molecular weight excluding hydrogens is 362 g/mol. The number of amides is 1. The summed E-state index contributed by atoms with van der Waals surface area (Å²) in [5, 5.41) is 6.01. The predicted molar refractivity (Wildman–Crippen MR) is 110 cm³/mol. The van der Waals surface area contributed by atoms with E-state index in [2.05, 4.69) is 24.5 Å². The number of nitrogens with zero attached hydrogens (tertiary/aromatic N) is 1. The van der Waals surface area contributed by atoms with E-state index in [4.69, 9.17) is 0 Å². The Morgan fingerprint density at radius 2 is 1.67 bits per heavy atom. The van der Waals surface area contributed by atoms with Crippen LogP contribution in [0.4, 0.5) is 11.4 Å². The maximum absolute atomic E-state index is 12.6. The van der Waals surface area contributed by atoms with Crippen molar-refractivity contribution >= 4 is 27.3 Å². The van der Waals surface area contributed by atoms with Crippen LogP contribution in [-0.4, -0.2) is 38.8 Å². The summed E-state index contributed by atoms with van der Waals surface area (Å²) in [6.07, 6.45) is 0. The van der Waals surface area contributed by atoms with E-state index in [1.54, 1.807) is 19.1 Å². The average Bonchev–Trinajstić information content (AvgIpc) is 2.62. The van der Waals surface area contributed by atoms with E-state index in [0.717, 1.165) is 15.6 Å². The molecule has 2 rings (SSSR count). The van der Waals surface area contributed by atoms with E-state index in [-0.39, 0.29) is 10.8 Å². The zero-order valence-electron chi connectivity index (χ0n) is 16.4. The van der Waals surface area contributed by atoms with E-state index in [0.29, 0.717) is 11.6 Å². The zero-order valence-corrected chi connectivity index (χ0v) is 17.2. The lowest BCUT2D eigenvalue weighted by atomic mass is 10.0. The molecule has 0 unspecified atom stereocenters. The Morgan fingerprint density at radius 3 is 2.30 bits per heavy atom. The molecule has 0 radical (unpaired) electrons. The number of anilines is 2. The topological polar surface area (TPSA) is 78.5 Å². The first-order valence-electron chi connectivity index (χ1n) is 8.82. The third kappa shape index (κ3) is 5.08. The highest BCUT2D eigenvalue weighted by molar-refractivity contribution is 7.89. The summed E-state index contributed by atoms with van der Waals surface area (Å²) in [7, 11) is -0.611. The van der Waals surface area contributed by atoms with Crippen molar-refractivity contribution in [1.82, 2.24) is 4.31 Å². The lowest BCUT2D eigenvalue weighted by molar-refractivity contribution is -0.116. The molecule has 2 aromatic rings. The van der Waals surface area contributed by atoms with Crippen molar-refractivity contribution in [1.29, 1.82) is 0 Å². The molecule has 1 amide bonds. The van der Waals surface area contributed by atoms with Crippen molar-refractivity contribution in [3.05, 3.63) is 54.1 Å². The van der Waals surface area contributed by atoms with E-state index < -0.39 is 16.1 Å². The van der Waals surface area contributed by atoms with Gasteiger partial charge in [-0.15, -0.1) is 0 Å². The van der Waals surface area contributed by atoms with Crippen molar-refractivity contribution in [3.63, 3.8) is 0 Å². The van der Waals surface area contributed by atoms with Crippen molar-refractivity contribution in [3.8, 4) is 0 Å². The number of rotatable bonds is 7. The predicted octanol–water partition coefficient (Wildman–Crippen LogP) is 3.50. The second-order valence-electron chi connectivity index (χ2n) is 6.91. The molecule has 0 heterocycles. The summed E-state index contributed by atoms with van der Waals surface area (Å²) < 4.78 is 25.6. The molecule has 0 aliphatic rings. The number of benzene rings is 2. The second-order valence-corrected chi connectivity index (χ2v) is 9.06. The van der Waals surface area contributed by atoms with E-state index in [9.17, 15) is 13.2 Å². The molecule has 146 valence electrons. The SMILES string of the molecule is CC(C)c1ccccc1N[C@H](C)C(=O)Nc1cccc(S(=O)(=O)N(C)C)c1. The summed E-state index contributed by atoms with van der Waals surface area (Å²) in [5.41, 5.74) is 2.49. The van der Waals surface area contributed by atoms with E-state index >= 15 is 0 Å². The van der Waals surface area contributed by atoms with Crippen LogP contribution >= 0.6 is 0 Å². The average molecular weight is 390 g/mol. The summed E-state index contributed by atoms with van der Waals surface area (Å²) in [6.45, 7) is 5.97. The summed E-state index contributed by atoms with van der Waals surface area (Å²) in [5.74, 6) is 0.0878. The summed E-state index contributed by atoms with van der Waals surface area (Å²) >= 11 is 0. The van der Waals surface area contributed by atoms with Gasteiger partial charge in [-0.05, 0) is 42.7 Å². The lowest BCUT2D eigenvalue weighted by Crippen LogP contribution is -2.32. The van der Waals surface area contributed by atoms with Crippen LogP contribution in [-0.2, 0) is 14.8 Å². The number of para-hydroxylation sites is 1. The van der Waals surface area contributed by atoms with Crippen molar-refractivity contribution in [2.45, 2.75) is 37.6 Å². The van der Waals surface area contributed by atoms with Crippen LogP contribution in [0.5, 0.6) is 0 Å². The Kier molecular flexibility index (Phi) is 6.62. The van der Waals surface area contributed by atoms with Crippen LogP contribution in [0.25, 0.3) is 0 Å². The quantitative estimate of drug-likeness (QED) is 0.760. The minimum atomic E-state index is -3.55. The molecule has 2 N–H and O–H groups in total. The van der Waals surface area contributed by atoms with Gasteiger partial charge in [0.15, 0.2) is 0 Å². The van der Waals surface area contributed by atoms with Gasteiger partial charge in [-0.2, -0.15) is 0 Å². The van der Waals surface area contributed by atoms with Gasteiger partial charge in [0.1, 0.15) is 6.04 Å². The van der Waals surface area contributed by atoms with Crippen LogP contribution in [0.3, 0.4) is 0 Å². The molecule has 0 fully saturated rings. The Bertz CT molecular complexity index is 908. The van der Waals surface area contributed by atoms with Crippen LogP contribution in [0.1, 0.15) is 32.3 Å². The molecule has 7 heteroatoms. The maximum Gasteiger partial charge on any atom is 0.246 e. The lowest BCUT2D eigenvalue weighted by Gasteiger charge is -2.19. The third-order valence-electron chi connectivity index (χ3n) is 4.23. The van der Waals surface area contributed by atoms with E-state index in [1.165, 1.54) is 26.2 Å². The first-order valence-corrected chi connectivity index (χ1v) is 10.3. The zero-order chi connectivity index (χ0) is 20.2. The Hall–Kier alpha value is -2.38. The molecule has 0 aliphatic heterocycles. The van der Waals surface area contributed by atoms with Gasteiger partial charge in [0, 0.05) is 25.5 Å². The Labute approximate surface area is 161 Å². The summed E-state index contributed by atoms with van der Waals surface area (Å²) in [4.78, 5) is 12.7. The fourth-order valence-electron chi connectivity index (χ4n) is 2.63. The largest absolute Gasteiger partial charge is 0.374 e. The minimum Gasteiger partial charge on any atom is -0.374 e. The molecule has 0 bridgehead atoms. The van der Waals surface area contributed by atoms with Gasteiger partial charge in [-0.25, -0.2) is 12.7 Å². The van der Waals surface area contributed by atoms with Crippen LogP contribution in [0, 0.1) is 0 Å². The fourth-order valence-corrected chi connectivity index (χ4v) is 3.57. The number of carbonyl (C=O) groups excluding carboxylic acids is 1. The highest BCUT2D eigenvalue weighted by Gasteiger charge is 2.19. The summed E-state index contributed by atoms with van der Waals surface area (Å²) in [6, 6.07) is 13.6. The second kappa shape index (κ2) is 8.54. The smallest absolute Gasteiger partial charge is 0.246 e. The van der Waals surface area contributed by atoms with Gasteiger partial charge in [-0.1, -0.05) is 38.1 Å². The molecule has 2 aromatic carbocycles. The van der Waals surface area contributed by atoms with Gasteiger partial charge in [0.25, 0.3) is 0 Å². The number of hydrogen-bond donors (Lipinski definition) is 2. The monoisotopic (exact) mass is 389 g/mol. The first kappa shape index (κ1) is 20.9. The molecule has 0 saturated carbocycles. The highest BCUT2D eigenvalue weighted by atomic mass is 32.2. The molecule has 0 spiro atoms. The normalized spacial score (nSPS) is 12.9. The fraction of sp³-hybridized carbons (Fsp3) is 0.350. The van der Waals surface area contributed by atoms with Crippen molar-refractivity contribution in [2.24, 2.45) is 0 Å². The van der Waals surface area contributed by atoms with Crippen LogP contribution in [0.2, 0.25) is 0 Å². The number of carbonyl (C=O) groups is 1. The molecular formula is C20H27N3O3S. The molecule has 0 saturated heterocycles. The van der Waals surface area contributed by atoms with Gasteiger partial charge < -0.3 is 10.6 Å². The number of hydrogen-bond acceptors (Lipinski definition) is 4. The molecule has 6 nitrogen and oxygen atoms in total. The van der Waals surface area contributed by atoms with Crippen molar-refractivity contribution < 1.29 is 13.2 Å². The van der Waals surface area contributed by atoms with Crippen LogP contribution in [0.15, 0.2) is 53.4 Å². The first-order chi connectivity index (χ1) is 12.6. The third-order valence-corrected chi connectivity index (χ3v) is 6.04. The Morgan fingerprint density at radius 1 is 1.00 bits per heavy atom. The molecule has 1 atom stereocenters. The van der Waals surface area contributed by atoms with Crippen molar-refractivity contribution in [2.75, 3.05) is 24.7 Å². The van der Waals surface area contributed by atoms with Gasteiger partial charge in [-0.3, -0.25) is 4.79 Å². The van der Waals surface area contributed by atoms with Crippen LogP contribution < -0.4 is 10.6 Å². The van der Waals surface area contributed by atoms with Gasteiger partial charge in [0.05, 0.1) is 4.90 Å². The standard InChI is InChI=1S/C20H27N3O3S/c1-14(2)18-11-6-7-12-19(18)21-15(3)20(24)22-16-9-8-10-17(13-16)27(25,26)23(4)5/h6-15,21H,1-5H3,(H,22,24)/t15-/m1/s1.